The number of likely N-dealkylation sites (tertiary alicyclic amines) is 1. The molecule has 2 saturated heterocycles. The van der Waals surface area contributed by atoms with Gasteiger partial charge in [0.25, 0.3) is 5.91 Å². The van der Waals surface area contributed by atoms with E-state index in [0.29, 0.717) is 42.5 Å². The molecule has 2 aromatic heterocycles. The van der Waals surface area contributed by atoms with E-state index < -0.39 is 5.60 Å². The Hall–Kier alpha value is -2.35. The Balaban J connectivity index is 1.56. The summed E-state index contributed by atoms with van der Waals surface area (Å²) in [4.78, 5) is 35.7. The third-order valence-electron chi connectivity index (χ3n) is 4.24. The number of aromatic nitrogens is 3. The summed E-state index contributed by atoms with van der Waals surface area (Å²) in [5.74, 6) is 0.216. The van der Waals surface area contributed by atoms with Crippen molar-refractivity contribution in [2.75, 3.05) is 26.7 Å². The highest BCUT2D eigenvalue weighted by Gasteiger charge is 2.49. The third kappa shape index (κ3) is 2.29. The summed E-state index contributed by atoms with van der Waals surface area (Å²) < 4.78 is 7.07. The van der Waals surface area contributed by atoms with E-state index in [1.165, 1.54) is 11.1 Å². The quantitative estimate of drug-likeness (QED) is 0.778. The molecule has 4 rings (SSSR count). The first-order chi connectivity index (χ1) is 11.0. The van der Waals surface area contributed by atoms with E-state index in [2.05, 4.69) is 9.97 Å². The van der Waals surface area contributed by atoms with Crippen LogP contribution in [0.3, 0.4) is 0 Å². The predicted molar refractivity (Wildman–Crippen MR) is 80.4 cm³/mol. The average molecular weight is 336 g/mol. The molecule has 9 heteroatoms. The molecule has 0 aromatic carbocycles. The van der Waals surface area contributed by atoms with Crippen LogP contribution in [0.2, 0.25) is 5.02 Å². The monoisotopic (exact) mass is 335 g/mol. The highest BCUT2D eigenvalue weighted by Crippen LogP contribution is 2.32. The lowest BCUT2D eigenvalue weighted by Gasteiger charge is -2.21. The minimum atomic E-state index is -0.595. The normalized spacial score (nSPS) is 24.0. The van der Waals surface area contributed by atoms with Crippen LogP contribution in [0.15, 0.2) is 18.6 Å². The van der Waals surface area contributed by atoms with E-state index in [4.69, 9.17) is 16.3 Å². The maximum Gasteiger partial charge on any atom is 0.410 e. The van der Waals surface area contributed by atoms with Crippen LogP contribution in [0, 0.1) is 0 Å². The molecule has 0 bridgehead atoms. The number of carbonyl (C=O) groups excluding carboxylic acids is 2. The first-order valence-electron chi connectivity index (χ1n) is 7.19. The fourth-order valence-corrected chi connectivity index (χ4v) is 3.30. The molecule has 0 aliphatic carbocycles. The van der Waals surface area contributed by atoms with Gasteiger partial charge in [-0.1, -0.05) is 11.6 Å². The Kier molecular flexibility index (Phi) is 2.99. The van der Waals surface area contributed by atoms with Crippen molar-refractivity contribution in [1.29, 1.82) is 0 Å². The van der Waals surface area contributed by atoms with Gasteiger partial charge in [-0.05, 0) is 0 Å². The number of fused-ring (bicyclic) bond motifs is 1. The number of hydrogen-bond donors (Lipinski definition) is 0. The van der Waals surface area contributed by atoms with Gasteiger partial charge in [0.2, 0.25) is 5.78 Å². The topological polar surface area (TPSA) is 80.0 Å². The number of hydrogen-bond acceptors (Lipinski definition) is 5. The fraction of sp³-hybridized carbons (Fsp3) is 0.429. The second kappa shape index (κ2) is 4.82. The minimum Gasteiger partial charge on any atom is -0.439 e. The summed E-state index contributed by atoms with van der Waals surface area (Å²) in [5, 5.41) is 0.468. The molecule has 120 valence electrons. The molecule has 0 saturated carbocycles. The molecule has 4 heterocycles. The molecule has 1 spiro atoms. The van der Waals surface area contributed by atoms with Gasteiger partial charge < -0.3 is 14.5 Å². The molecular formula is C14H14ClN5O3. The lowest BCUT2D eigenvalue weighted by Crippen LogP contribution is -2.39. The first kappa shape index (κ1) is 14.3. The fourth-order valence-electron chi connectivity index (χ4n) is 3.15. The van der Waals surface area contributed by atoms with Gasteiger partial charge >= 0.3 is 6.09 Å². The van der Waals surface area contributed by atoms with Crippen LogP contribution in [0.4, 0.5) is 4.79 Å². The van der Waals surface area contributed by atoms with Gasteiger partial charge in [-0.2, -0.15) is 0 Å². The number of nitrogens with zero attached hydrogens (tertiary/aromatic N) is 5. The smallest absolute Gasteiger partial charge is 0.410 e. The number of imidazole rings is 1. The molecular weight excluding hydrogens is 322 g/mol. The second-order valence-corrected chi connectivity index (χ2v) is 6.43. The summed E-state index contributed by atoms with van der Waals surface area (Å²) in [6, 6.07) is 0. The van der Waals surface area contributed by atoms with E-state index in [1.807, 2.05) is 0 Å². The van der Waals surface area contributed by atoms with Crippen molar-refractivity contribution in [1.82, 2.24) is 24.2 Å². The molecule has 0 N–H and O–H groups in total. The van der Waals surface area contributed by atoms with Crippen molar-refractivity contribution in [3.8, 4) is 0 Å². The first-order valence-corrected chi connectivity index (χ1v) is 7.57. The lowest BCUT2D eigenvalue weighted by atomic mass is 10.0. The maximum atomic E-state index is 12.6. The zero-order valence-electron chi connectivity index (χ0n) is 12.4. The summed E-state index contributed by atoms with van der Waals surface area (Å²) in [6.07, 6.45) is 5.02. The Morgan fingerprint density at radius 1 is 1.39 bits per heavy atom. The Morgan fingerprint density at radius 2 is 2.22 bits per heavy atom. The maximum absolute atomic E-state index is 12.6. The Labute approximate surface area is 136 Å². The van der Waals surface area contributed by atoms with Crippen LogP contribution in [-0.2, 0) is 4.74 Å². The summed E-state index contributed by atoms with van der Waals surface area (Å²) in [7, 11) is 1.69. The number of likely N-dealkylation sites (N-methyl/N-ethyl adjacent to an activating group) is 1. The van der Waals surface area contributed by atoms with Gasteiger partial charge in [0, 0.05) is 32.4 Å². The molecule has 2 fully saturated rings. The predicted octanol–water partition coefficient (Wildman–Crippen LogP) is 1.05. The molecule has 1 unspecified atom stereocenters. The van der Waals surface area contributed by atoms with Crippen molar-refractivity contribution < 1.29 is 14.3 Å². The Morgan fingerprint density at radius 3 is 2.96 bits per heavy atom. The van der Waals surface area contributed by atoms with Crippen LogP contribution in [0.1, 0.15) is 16.9 Å². The largest absolute Gasteiger partial charge is 0.439 e. The van der Waals surface area contributed by atoms with E-state index in [0.717, 1.165) is 0 Å². The van der Waals surface area contributed by atoms with E-state index >= 15 is 0 Å². The van der Waals surface area contributed by atoms with Crippen molar-refractivity contribution in [2.24, 2.45) is 0 Å². The zero-order valence-corrected chi connectivity index (χ0v) is 13.2. The van der Waals surface area contributed by atoms with E-state index in [1.54, 1.807) is 28.7 Å². The third-order valence-corrected chi connectivity index (χ3v) is 4.44. The minimum absolute atomic E-state index is 0.200. The van der Waals surface area contributed by atoms with Gasteiger partial charge in [0.05, 0.1) is 24.3 Å². The SMILES string of the molecule is CN1CC2(CCN(C(=O)c3cn4cc(Cl)cnc4n3)C2)OC1=O. The number of carbonyl (C=O) groups is 2. The number of amides is 2. The Bertz CT molecular complexity index is 822. The van der Waals surface area contributed by atoms with E-state index in [9.17, 15) is 9.59 Å². The van der Waals surface area contributed by atoms with Crippen LogP contribution in [-0.4, -0.2) is 68.5 Å². The van der Waals surface area contributed by atoms with Gasteiger partial charge in [0.1, 0.15) is 5.69 Å². The number of rotatable bonds is 1. The highest BCUT2D eigenvalue weighted by atomic mass is 35.5. The van der Waals surface area contributed by atoms with Crippen molar-refractivity contribution in [3.05, 3.63) is 29.3 Å². The highest BCUT2D eigenvalue weighted by molar-refractivity contribution is 6.30. The van der Waals surface area contributed by atoms with Crippen LogP contribution in [0.25, 0.3) is 5.78 Å². The van der Waals surface area contributed by atoms with Crippen molar-refractivity contribution >= 4 is 29.4 Å². The molecule has 1 atom stereocenters. The zero-order chi connectivity index (χ0) is 16.2. The standard InChI is InChI=1S/C14H14ClN5O3/c1-18-7-14(23-13(18)22)2-3-19(8-14)11(21)10-6-20-5-9(15)4-16-12(20)17-10/h4-6H,2-3,7-8H2,1H3. The van der Waals surface area contributed by atoms with Gasteiger partial charge in [0.15, 0.2) is 5.60 Å². The van der Waals surface area contributed by atoms with Gasteiger partial charge in [-0.25, -0.2) is 14.8 Å². The van der Waals surface area contributed by atoms with Gasteiger partial charge in [-0.3, -0.25) is 9.20 Å². The van der Waals surface area contributed by atoms with Crippen LogP contribution < -0.4 is 0 Å². The van der Waals surface area contributed by atoms with Crippen LogP contribution >= 0.6 is 11.6 Å². The van der Waals surface area contributed by atoms with Crippen molar-refractivity contribution in [3.63, 3.8) is 0 Å². The molecule has 23 heavy (non-hydrogen) atoms. The molecule has 2 amide bonds. The van der Waals surface area contributed by atoms with Crippen molar-refractivity contribution in [2.45, 2.75) is 12.0 Å². The molecule has 2 aromatic rings. The van der Waals surface area contributed by atoms with Gasteiger partial charge in [-0.15, -0.1) is 0 Å². The van der Waals surface area contributed by atoms with E-state index in [-0.39, 0.29) is 12.0 Å². The van der Waals surface area contributed by atoms with Crippen LogP contribution in [0.5, 0.6) is 0 Å². The summed E-state index contributed by atoms with van der Waals surface area (Å²) >= 11 is 5.88. The average Bonchev–Trinajstić information content (AvgIpc) is 3.17. The molecule has 0 radical (unpaired) electrons. The summed E-state index contributed by atoms with van der Waals surface area (Å²) in [5.41, 5.74) is -0.295. The molecule has 2 aliphatic rings. The lowest BCUT2D eigenvalue weighted by molar-refractivity contribution is 0.0551. The number of ether oxygens (including phenoxy) is 1. The second-order valence-electron chi connectivity index (χ2n) is 5.99. The number of halogens is 1. The molecule has 8 nitrogen and oxygen atoms in total. The molecule has 2 aliphatic heterocycles. The summed E-state index contributed by atoms with van der Waals surface area (Å²) in [6.45, 7) is 1.41.